The van der Waals surface area contributed by atoms with Crippen molar-refractivity contribution in [3.05, 3.63) is 23.9 Å². The number of aliphatic hydroxyl groups excluding tert-OH is 1. The predicted molar refractivity (Wildman–Crippen MR) is 86.0 cm³/mol. The summed E-state index contributed by atoms with van der Waals surface area (Å²) >= 11 is 0. The summed E-state index contributed by atoms with van der Waals surface area (Å²) in [4.78, 5) is 19.1. The first-order chi connectivity index (χ1) is 10.7. The van der Waals surface area contributed by atoms with Crippen LogP contribution in [0.25, 0.3) is 0 Å². The first-order valence-corrected chi connectivity index (χ1v) is 8.40. The molecule has 1 saturated heterocycles. The van der Waals surface area contributed by atoms with Crippen molar-refractivity contribution in [1.29, 1.82) is 0 Å². The smallest absolute Gasteiger partial charge is 0.255 e. The minimum absolute atomic E-state index is 0.0462. The molecular weight excluding hydrogens is 278 g/mol. The molecule has 1 aromatic heterocycles. The zero-order valence-electron chi connectivity index (χ0n) is 13.0. The van der Waals surface area contributed by atoms with Crippen LogP contribution in [0.3, 0.4) is 0 Å². The molecule has 1 aromatic rings. The van der Waals surface area contributed by atoms with Gasteiger partial charge in [-0.05, 0) is 50.2 Å². The van der Waals surface area contributed by atoms with E-state index in [1.807, 2.05) is 12.1 Å². The number of aromatic nitrogens is 1. The molecule has 1 aliphatic heterocycles. The Hall–Kier alpha value is -1.62. The lowest BCUT2D eigenvalue weighted by Crippen LogP contribution is -2.34. The third-order valence-corrected chi connectivity index (χ3v) is 4.74. The van der Waals surface area contributed by atoms with E-state index in [0.717, 1.165) is 57.4 Å². The number of carbonyl (C=O) groups is 1. The molecule has 0 aromatic carbocycles. The van der Waals surface area contributed by atoms with Gasteiger partial charge in [-0.15, -0.1) is 0 Å². The predicted octanol–water partition coefficient (Wildman–Crippen LogP) is 1.96. The van der Waals surface area contributed by atoms with Gasteiger partial charge in [0.05, 0.1) is 11.7 Å². The normalized spacial score (nSPS) is 25.2. The van der Waals surface area contributed by atoms with Gasteiger partial charge in [-0.25, -0.2) is 4.98 Å². The van der Waals surface area contributed by atoms with Crippen LogP contribution in [-0.4, -0.2) is 41.7 Å². The Kier molecular flexibility index (Phi) is 4.93. The highest BCUT2D eigenvalue weighted by atomic mass is 16.3. The van der Waals surface area contributed by atoms with E-state index in [9.17, 15) is 9.90 Å². The Morgan fingerprint density at radius 2 is 2.14 bits per heavy atom. The number of nitrogens with zero attached hydrogens (tertiary/aromatic N) is 2. The van der Waals surface area contributed by atoms with E-state index in [-0.39, 0.29) is 12.0 Å². The molecule has 2 heterocycles. The van der Waals surface area contributed by atoms with Crippen molar-refractivity contribution in [3.63, 3.8) is 0 Å². The van der Waals surface area contributed by atoms with E-state index in [0.29, 0.717) is 18.0 Å². The van der Waals surface area contributed by atoms with E-state index >= 15 is 0 Å². The molecule has 1 amide bonds. The number of pyridine rings is 1. The van der Waals surface area contributed by atoms with Gasteiger partial charge in [0, 0.05) is 25.8 Å². The van der Waals surface area contributed by atoms with Crippen molar-refractivity contribution >= 4 is 11.7 Å². The fourth-order valence-corrected chi connectivity index (χ4v) is 3.54. The van der Waals surface area contributed by atoms with E-state index in [1.54, 1.807) is 6.20 Å². The lowest BCUT2D eigenvalue weighted by molar-refractivity contribution is 0.0874. The monoisotopic (exact) mass is 303 g/mol. The Morgan fingerprint density at radius 1 is 1.32 bits per heavy atom. The third-order valence-electron chi connectivity index (χ3n) is 4.74. The van der Waals surface area contributed by atoms with Crippen molar-refractivity contribution in [2.75, 3.05) is 24.5 Å². The molecule has 0 spiro atoms. The molecule has 2 unspecified atom stereocenters. The van der Waals surface area contributed by atoms with Crippen LogP contribution in [0.4, 0.5) is 5.82 Å². The minimum atomic E-state index is -0.200. The second-order valence-corrected chi connectivity index (χ2v) is 6.47. The number of aliphatic hydroxyl groups is 1. The van der Waals surface area contributed by atoms with Crippen molar-refractivity contribution in [3.8, 4) is 0 Å². The van der Waals surface area contributed by atoms with Crippen LogP contribution >= 0.6 is 0 Å². The molecule has 1 saturated carbocycles. The van der Waals surface area contributed by atoms with E-state index in [1.165, 1.54) is 0 Å². The lowest BCUT2D eigenvalue weighted by Gasteiger charge is -2.26. The summed E-state index contributed by atoms with van der Waals surface area (Å²) in [5.74, 6) is 1.15. The number of anilines is 1. The Labute approximate surface area is 131 Å². The van der Waals surface area contributed by atoms with Crippen LogP contribution in [0.1, 0.15) is 48.9 Å². The highest BCUT2D eigenvalue weighted by Gasteiger charge is 2.23. The lowest BCUT2D eigenvalue weighted by atomic mass is 9.87. The zero-order chi connectivity index (χ0) is 15.4. The molecule has 120 valence electrons. The van der Waals surface area contributed by atoms with Gasteiger partial charge < -0.3 is 15.3 Å². The van der Waals surface area contributed by atoms with Gasteiger partial charge in [-0.2, -0.15) is 0 Å². The number of rotatable bonds is 4. The molecular formula is C17H25N3O2. The Balaban J connectivity index is 1.62. The third kappa shape index (κ3) is 3.58. The van der Waals surface area contributed by atoms with Crippen LogP contribution in [0.15, 0.2) is 18.3 Å². The molecule has 0 bridgehead atoms. The molecule has 2 atom stereocenters. The fourth-order valence-electron chi connectivity index (χ4n) is 3.54. The van der Waals surface area contributed by atoms with Gasteiger partial charge in [-0.1, -0.05) is 6.42 Å². The molecule has 1 aliphatic carbocycles. The highest BCUT2D eigenvalue weighted by molar-refractivity contribution is 5.98. The summed E-state index contributed by atoms with van der Waals surface area (Å²) in [7, 11) is 0. The largest absolute Gasteiger partial charge is 0.393 e. The highest BCUT2D eigenvalue weighted by Crippen LogP contribution is 2.24. The number of amides is 1. The fraction of sp³-hybridized carbons (Fsp3) is 0.647. The second-order valence-electron chi connectivity index (χ2n) is 6.47. The summed E-state index contributed by atoms with van der Waals surface area (Å²) < 4.78 is 0. The van der Waals surface area contributed by atoms with Crippen LogP contribution < -0.4 is 10.2 Å². The zero-order valence-corrected chi connectivity index (χ0v) is 13.0. The molecule has 0 radical (unpaired) electrons. The molecule has 5 nitrogen and oxygen atoms in total. The van der Waals surface area contributed by atoms with E-state index < -0.39 is 0 Å². The first kappa shape index (κ1) is 15.3. The second kappa shape index (κ2) is 7.09. The number of carbonyl (C=O) groups excluding carboxylic acids is 1. The van der Waals surface area contributed by atoms with Crippen molar-refractivity contribution in [2.24, 2.45) is 5.92 Å². The molecule has 5 heteroatoms. The van der Waals surface area contributed by atoms with Gasteiger partial charge in [0.1, 0.15) is 5.82 Å². The maximum Gasteiger partial charge on any atom is 0.255 e. The average Bonchev–Trinajstić information content (AvgIpc) is 3.07. The Morgan fingerprint density at radius 3 is 2.91 bits per heavy atom. The maximum atomic E-state index is 12.5. The van der Waals surface area contributed by atoms with Crippen LogP contribution in [-0.2, 0) is 0 Å². The van der Waals surface area contributed by atoms with Crippen LogP contribution in [0.2, 0.25) is 0 Å². The van der Waals surface area contributed by atoms with E-state index in [4.69, 9.17) is 0 Å². The summed E-state index contributed by atoms with van der Waals surface area (Å²) in [5.41, 5.74) is 0.667. The van der Waals surface area contributed by atoms with E-state index in [2.05, 4.69) is 15.2 Å². The van der Waals surface area contributed by atoms with Gasteiger partial charge in [-0.3, -0.25) is 4.79 Å². The summed E-state index contributed by atoms with van der Waals surface area (Å²) in [6.45, 7) is 2.60. The number of hydrogen-bond acceptors (Lipinski definition) is 4. The number of nitrogens with one attached hydrogen (secondary N) is 1. The van der Waals surface area contributed by atoms with Crippen molar-refractivity contribution in [2.45, 2.75) is 44.6 Å². The number of hydrogen-bond donors (Lipinski definition) is 2. The van der Waals surface area contributed by atoms with Crippen molar-refractivity contribution in [1.82, 2.24) is 10.3 Å². The molecule has 3 rings (SSSR count). The van der Waals surface area contributed by atoms with Crippen LogP contribution in [0, 0.1) is 5.92 Å². The summed E-state index contributed by atoms with van der Waals surface area (Å²) in [5, 5.41) is 12.8. The van der Waals surface area contributed by atoms with Gasteiger partial charge in [0.25, 0.3) is 5.91 Å². The SMILES string of the molecule is O=C(NCC1CCCC(O)C1)c1cccnc1N1CCCC1. The maximum absolute atomic E-state index is 12.5. The summed E-state index contributed by atoms with van der Waals surface area (Å²) in [6.07, 6.45) is 7.71. The average molecular weight is 303 g/mol. The van der Waals surface area contributed by atoms with Crippen molar-refractivity contribution < 1.29 is 9.90 Å². The van der Waals surface area contributed by atoms with Gasteiger partial charge in [0.15, 0.2) is 0 Å². The molecule has 22 heavy (non-hydrogen) atoms. The quantitative estimate of drug-likeness (QED) is 0.892. The molecule has 2 fully saturated rings. The standard InChI is InChI=1S/C17H25N3O2/c21-14-6-3-5-13(11-14)12-19-17(22)15-7-4-8-18-16(15)20-9-1-2-10-20/h4,7-8,13-14,21H,1-3,5-6,9-12H2,(H,19,22). The minimum Gasteiger partial charge on any atom is -0.393 e. The molecule has 2 aliphatic rings. The molecule has 2 N–H and O–H groups in total. The first-order valence-electron chi connectivity index (χ1n) is 8.40. The summed E-state index contributed by atoms with van der Waals surface area (Å²) in [6, 6.07) is 3.67. The Bertz CT molecular complexity index is 514. The van der Waals surface area contributed by atoms with Gasteiger partial charge >= 0.3 is 0 Å². The topological polar surface area (TPSA) is 65.5 Å². The van der Waals surface area contributed by atoms with Gasteiger partial charge in [0.2, 0.25) is 0 Å². The van der Waals surface area contributed by atoms with Crippen LogP contribution in [0.5, 0.6) is 0 Å².